The number of hydrogen-bond donors (Lipinski definition) is 1. The van der Waals surface area contributed by atoms with Crippen molar-refractivity contribution in [2.45, 2.75) is 31.8 Å². The molecule has 1 fully saturated rings. The third kappa shape index (κ3) is 6.22. The molecule has 0 saturated heterocycles. The Morgan fingerprint density at radius 2 is 2.05 bits per heavy atom. The van der Waals surface area contributed by atoms with E-state index in [9.17, 15) is 0 Å². The monoisotopic (exact) mass is 313 g/mol. The standard InChI is InChI=1S/C16H24ClNO3/c1-19-8-3-9-20-10-11-21-16-13(4-2-5-15(16)17)12-18-14-6-7-14/h2,4-5,14,18H,3,6-12H2,1H3. The summed E-state index contributed by atoms with van der Waals surface area (Å²) in [6.07, 6.45) is 3.44. The fourth-order valence-corrected chi connectivity index (χ4v) is 2.25. The Morgan fingerprint density at radius 3 is 2.81 bits per heavy atom. The lowest BCUT2D eigenvalue weighted by Gasteiger charge is -2.14. The van der Waals surface area contributed by atoms with E-state index >= 15 is 0 Å². The number of methoxy groups -OCH3 is 1. The van der Waals surface area contributed by atoms with Crippen molar-refractivity contribution in [3.63, 3.8) is 0 Å². The fraction of sp³-hybridized carbons (Fsp3) is 0.625. The lowest BCUT2D eigenvalue weighted by Crippen LogP contribution is -2.17. The van der Waals surface area contributed by atoms with E-state index in [0.717, 1.165) is 30.9 Å². The smallest absolute Gasteiger partial charge is 0.142 e. The number of nitrogens with one attached hydrogen (secondary N) is 1. The molecule has 1 N–H and O–H groups in total. The van der Waals surface area contributed by atoms with Crippen LogP contribution >= 0.6 is 11.6 Å². The van der Waals surface area contributed by atoms with Gasteiger partial charge >= 0.3 is 0 Å². The van der Waals surface area contributed by atoms with Crippen LogP contribution in [0.2, 0.25) is 5.02 Å². The van der Waals surface area contributed by atoms with E-state index in [1.54, 1.807) is 7.11 Å². The first-order valence-corrected chi connectivity index (χ1v) is 7.89. The molecule has 0 radical (unpaired) electrons. The molecule has 0 amide bonds. The van der Waals surface area contributed by atoms with Crippen molar-refractivity contribution >= 4 is 11.6 Å². The summed E-state index contributed by atoms with van der Waals surface area (Å²) in [7, 11) is 1.69. The SMILES string of the molecule is COCCCOCCOc1c(Cl)cccc1CNC1CC1. The topological polar surface area (TPSA) is 39.7 Å². The summed E-state index contributed by atoms with van der Waals surface area (Å²) in [6.45, 7) is 3.28. The summed E-state index contributed by atoms with van der Waals surface area (Å²) in [5, 5.41) is 4.14. The van der Waals surface area contributed by atoms with Gasteiger partial charge in [-0.25, -0.2) is 0 Å². The molecule has 0 atom stereocenters. The van der Waals surface area contributed by atoms with Crippen molar-refractivity contribution in [2.24, 2.45) is 0 Å². The lowest BCUT2D eigenvalue weighted by molar-refractivity contribution is 0.0804. The summed E-state index contributed by atoms with van der Waals surface area (Å²) >= 11 is 6.23. The molecule has 1 aliphatic rings. The predicted octanol–water partition coefficient (Wildman–Crippen LogP) is 3.02. The maximum atomic E-state index is 6.23. The van der Waals surface area contributed by atoms with Crippen molar-refractivity contribution in [1.29, 1.82) is 0 Å². The van der Waals surface area contributed by atoms with E-state index in [1.807, 2.05) is 12.1 Å². The van der Waals surface area contributed by atoms with Crippen LogP contribution in [-0.2, 0) is 16.0 Å². The Hall–Kier alpha value is -0.810. The van der Waals surface area contributed by atoms with Gasteiger partial charge in [-0.05, 0) is 25.3 Å². The predicted molar refractivity (Wildman–Crippen MR) is 84.1 cm³/mol. The number of rotatable bonds is 11. The fourth-order valence-electron chi connectivity index (χ4n) is 2.01. The molecule has 21 heavy (non-hydrogen) atoms. The molecule has 4 nitrogen and oxygen atoms in total. The van der Waals surface area contributed by atoms with Crippen LogP contribution < -0.4 is 10.1 Å². The van der Waals surface area contributed by atoms with Crippen molar-refractivity contribution in [1.82, 2.24) is 5.32 Å². The summed E-state index contributed by atoms with van der Waals surface area (Å²) < 4.78 is 16.2. The minimum Gasteiger partial charge on any atom is -0.489 e. The molecule has 0 aliphatic heterocycles. The van der Waals surface area contributed by atoms with Gasteiger partial charge in [0, 0.05) is 38.5 Å². The van der Waals surface area contributed by atoms with Gasteiger partial charge in [-0.2, -0.15) is 0 Å². The molecule has 118 valence electrons. The molecular formula is C16H24ClNO3. The second-order valence-electron chi connectivity index (χ2n) is 5.19. The number of para-hydroxylation sites is 1. The van der Waals surface area contributed by atoms with E-state index in [4.69, 9.17) is 25.8 Å². The second-order valence-corrected chi connectivity index (χ2v) is 5.60. The normalized spacial score (nSPS) is 14.4. The summed E-state index contributed by atoms with van der Waals surface area (Å²) in [5.74, 6) is 0.771. The molecule has 1 aromatic rings. The van der Waals surface area contributed by atoms with Gasteiger partial charge in [0.15, 0.2) is 0 Å². The zero-order chi connectivity index (χ0) is 14.9. The van der Waals surface area contributed by atoms with Gasteiger partial charge < -0.3 is 19.5 Å². The molecule has 0 unspecified atom stereocenters. The van der Waals surface area contributed by atoms with Crippen molar-refractivity contribution in [3.05, 3.63) is 28.8 Å². The summed E-state index contributed by atoms with van der Waals surface area (Å²) in [6, 6.07) is 6.54. The molecule has 0 bridgehead atoms. The highest BCUT2D eigenvalue weighted by atomic mass is 35.5. The highest BCUT2D eigenvalue weighted by molar-refractivity contribution is 6.32. The minimum atomic E-state index is 0.507. The van der Waals surface area contributed by atoms with E-state index in [2.05, 4.69) is 11.4 Å². The van der Waals surface area contributed by atoms with Gasteiger partial charge in [-0.3, -0.25) is 0 Å². The van der Waals surface area contributed by atoms with Gasteiger partial charge in [0.1, 0.15) is 12.4 Å². The number of ether oxygens (including phenoxy) is 3. The van der Waals surface area contributed by atoms with Gasteiger partial charge in [0.2, 0.25) is 0 Å². The third-order valence-electron chi connectivity index (χ3n) is 3.32. The van der Waals surface area contributed by atoms with Gasteiger partial charge in [0.05, 0.1) is 11.6 Å². The maximum Gasteiger partial charge on any atom is 0.142 e. The lowest BCUT2D eigenvalue weighted by atomic mass is 10.2. The average molecular weight is 314 g/mol. The Balaban J connectivity index is 1.72. The second kappa shape index (κ2) is 9.26. The van der Waals surface area contributed by atoms with E-state index < -0.39 is 0 Å². The number of hydrogen-bond acceptors (Lipinski definition) is 4. The Bertz CT molecular complexity index is 424. The Morgan fingerprint density at radius 1 is 1.19 bits per heavy atom. The van der Waals surface area contributed by atoms with Crippen LogP contribution in [0.5, 0.6) is 5.75 Å². The zero-order valence-corrected chi connectivity index (χ0v) is 13.3. The third-order valence-corrected chi connectivity index (χ3v) is 3.62. The highest BCUT2D eigenvalue weighted by Crippen LogP contribution is 2.29. The van der Waals surface area contributed by atoms with Crippen LogP contribution in [0.1, 0.15) is 24.8 Å². The van der Waals surface area contributed by atoms with Crippen molar-refractivity contribution in [2.75, 3.05) is 33.5 Å². The van der Waals surface area contributed by atoms with E-state index in [1.165, 1.54) is 12.8 Å². The van der Waals surface area contributed by atoms with Gasteiger partial charge in [-0.1, -0.05) is 23.7 Å². The van der Waals surface area contributed by atoms with E-state index in [-0.39, 0.29) is 0 Å². The highest BCUT2D eigenvalue weighted by Gasteiger charge is 2.21. The van der Waals surface area contributed by atoms with Crippen LogP contribution in [0, 0.1) is 0 Å². The maximum absolute atomic E-state index is 6.23. The van der Waals surface area contributed by atoms with Crippen molar-refractivity contribution < 1.29 is 14.2 Å². The molecule has 1 aromatic carbocycles. The van der Waals surface area contributed by atoms with Crippen LogP contribution in [0.15, 0.2) is 18.2 Å². The largest absolute Gasteiger partial charge is 0.489 e. The summed E-state index contributed by atoms with van der Waals surface area (Å²) in [4.78, 5) is 0. The van der Waals surface area contributed by atoms with Crippen LogP contribution in [-0.4, -0.2) is 39.6 Å². The van der Waals surface area contributed by atoms with Crippen molar-refractivity contribution in [3.8, 4) is 5.75 Å². The molecule has 2 rings (SSSR count). The van der Waals surface area contributed by atoms with Crippen LogP contribution in [0.25, 0.3) is 0 Å². The molecule has 0 heterocycles. The van der Waals surface area contributed by atoms with Crippen LogP contribution in [0.4, 0.5) is 0 Å². The summed E-state index contributed by atoms with van der Waals surface area (Å²) in [5.41, 5.74) is 1.11. The number of halogens is 1. The molecule has 5 heteroatoms. The minimum absolute atomic E-state index is 0.507. The molecular weight excluding hydrogens is 290 g/mol. The molecule has 0 aromatic heterocycles. The van der Waals surface area contributed by atoms with Gasteiger partial charge in [0.25, 0.3) is 0 Å². The average Bonchev–Trinajstić information content (AvgIpc) is 3.30. The van der Waals surface area contributed by atoms with E-state index in [0.29, 0.717) is 30.9 Å². The molecule has 1 aliphatic carbocycles. The number of benzene rings is 1. The Kier molecular flexibility index (Phi) is 7.30. The van der Waals surface area contributed by atoms with Crippen LogP contribution in [0.3, 0.4) is 0 Å². The molecule has 1 saturated carbocycles. The quantitative estimate of drug-likeness (QED) is 0.637. The Labute approximate surface area is 131 Å². The molecule has 0 spiro atoms. The van der Waals surface area contributed by atoms with Gasteiger partial charge in [-0.15, -0.1) is 0 Å². The zero-order valence-electron chi connectivity index (χ0n) is 12.6. The first kappa shape index (κ1) is 16.6. The first-order valence-electron chi connectivity index (χ1n) is 7.51. The first-order chi connectivity index (χ1) is 10.3.